The van der Waals surface area contributed by atoms with Crippen molar-refractivity contribution in [3.63, 3.8) is 0 Å². The number of aromatic nitrogens is 4. The van der Waals surface area contributed by atoms with E-state index < -0.39 is 12.0 Å². The molecule has 1 aromatic carbocycles. The van der Waals surface area contributed by atoms with E-state index in [0.29, 0.717) is 46.5 Å². The lowest BCUT2D eigenvalue weighted by molar-refractivity contribution is -0.144. The predicted octanol–water partition coefficient (Wildman–Crippen LogP) is 5.05. The largest absolute Gasteiger partial charge is 0.453 e. The maximum absolute atomic E-state index is 12.9. The molecule has 0 aliphatic carbocycles. The molecule has 1 amide bonds. The molecule has 3 aromatic rings. The Morgan fingerprint density at radius 1 is 1.16 bits per heavy atom. The van der Waals surface area contributed by atoms with Crippen molar-refractivity contribution in [2.45, 2.75) is 46.3 Å². The summed E-state index contributed by atoms with van der Waals surface area (Å²) in [5.74, 6) is -1.45. The molecule has 166 valence electrons. The standard InChI is InChI=1S/C20H20Cl2F3N5O/c1-4-29(10-13-5-7-15(21)16(22)9-13)17(31)8-6-14-11(2)26-19-27-18(20(23,24)25)28-30(19)12(14)3/h5,7,9H,4,6,8,10H2,1-3H3. The Morgan fingerprint density at radius 2 is 1.87 bits per heavy atom. The Hall–Kier alpha value is -2.39. The lowest BCUT2D eigenvalue weighted by Crippen LogP contribution is -2.30. The first-order valence-corrected chi connectivity index (χ1v) is 10.3. The van der Waals surface area contributed by atoms with Crippen molar-refractivity contribution in [2.75, 3.05) is 6.54 Å². The van der Waals surface area contributed by atoms with Crippen molar-refractivity contribution < 1.29 is 18.0 Å². The number of hydrogen-bond donors (Lipinski definition) is 0. The number of alkyl halides is 3. The first-order chi connectivity index (χ1) is 14.5. The van der Waals surface area contributed by atoms with Crippen LogP contribution in [0.5, 0.6) is 0 Å². The average Bonchev–Trinajstić information content (AvgIpc) is 3.13. The normalized spacial score (nSPS) is 11.9. The number of hydrogen-bond acceptors (Lipinski definition) is 4. The number of benzene rings is 1. The molecule has 0 unspecified atom stereocenters. The summed E-state index contributed by atoms with van der Waals surface area (Å²) >= 11 is 12.0. The van der Waals surface area contributed by atoms with Crippen LogP contribution in [0.2, 0.25) is 10.0 Å². The molecule has 11 heteroatoms. The van der Waals surface area contributed by atoms with Gasteiger partial charge in [-0.3, -0.25) is 4.79 Å². The summed E-state index contributed by atoms with van der Waals surface area (Å²) in [6.45, 7) is 6.06. The van der Waals surface area contributed by atoms with Crippen LogP contribution in [-0.4, -0.2) is 36.9 Å². The van der Waals surface area contributed by atoms with Gasteiger partial charge < -0.3 is 4.90 Å². The third-order valence-corrected chi connectivity index (χ3v) is 5.72. The number of amides is 1. The summed E-state index contributed by atoms with van der Waals surface area (Å²) in [6.07, 6.45) is -4.17. The van der Waals surface area contributed by atoms with Gasteiger partial charge in [-0.25, -0.2) is 9.50 Å². The van der Waals surface area contributed by atoms with Gasteiger partial charge in [-0.15, -0.1) is 5.10 Å². The van der Waals surface area contributed by atoms with Crippen LogP contribution < -0.4 is 0 Å². The maximum Gasteiger partial charge on any atom is 0.453 e. The summed E-state index contributed by atoms with van der Waals surface area (Å²) in [5, 5.41) is 4.39. The quantitative estimate of drug-likeness (QED) is 0.502. The van der Waals surface area contributed by atoms with Crippen molar-refractivity contribution >= 4 is 34.9 Å². The molecule has 0 atom stereocenters. The van der Waals surface area contributed by atoms with Crippen LogP contribution in [0.1, 0.15) is 41.7 Å². The Morgan fingerprint density at radius 3 is 2.48 bits per heavy atom. The molecule has 2 heterocycles. The van der Waals surface area contributed by atoms with E-state index >= 15 is 0 Å². The van der Waals surface area contributed by atoms with E-state index in [1.54, 1.807) is 36.9 Å². The summed E-state index contributed by atoms with van der Waals surface area (Å²) < 4.78 is 39.9. The van der Waals surface area contributed by atoms with Crippen molar-refractivity contribution in [3.8, 4) is 0 Å². The van der Waals surface area contributed by atoms with Gasteiger partial charge in [0.05, 0.1) is 10.0 Å². The fourth-order valence-corrected chi connectivity index (χ4v) is 3.64. The maximum atomic E-state index is 12.9. The van der Waals surface area contributed by atoms with Crippen molar-refractivity contribution in [1.29, 1.82) is 0 Å². The molecule has 0 saturated carbocycles. The highest BCUT2D eigenvalue weighted by molar-refractivity contribution is 6.42. The van der Waals surface area contributed by atoms with Gasteiger partial charge in [0.2, 0.25) is 5.91 Å². The lowest BCUT2D eigenvalue weighted by atomic mass is 10.1. The van der Waals surface area contributed by atoms with Crippen molar-refractivity contribution in [2.24, 2.45) is 0 Å². The molecular formula is C20H20Cl2F3N5O. The molecule has 3 rings (SSSR count). The van der Waals surface area contributed by atoms with Crippen LogP contribution in [0.25, 0.3) is 5.78 Å². The van der Waals surface area contributed by atoms with Crippen LogP contribution in [0.3, 0.4) is 0 Å². The predicted molar refractivity (Wildman–Crippen MR) is 111 cm³/mol. The van der Waals surface area contributed by atoms with E-state index in [1.807, 2.05) is 6.92 Å². The minimum absolute atomic E-state index is 0.0953. The SMILES string of the molecule is CCN(Cc1ccc(Cl)c(Cl)c1)C(=O)CCc1c(C)nc2nc(C(F)(F)F)nn2c1C. The zero-order valence-electron chi connectivity index (χ0n) is 17.1. The number of rotatable bonds is 6. The van der Waals surface area contributed by atoms with Gasteiger partial charge >= 0.3 is 6.18 Å². The molecule has 0 fully saturated rings. The summed E-state index contributed by atoms with van der Waals surface area (Å²) in [4.78, 5) is 22.1. The number of nitrogens with zero attached hydrogens (tertiary/aromatic N) is 5. The van der Waals surface area contributed by atoms with E-state index in [2.05, 4.69) is 15.1 Å². The minimum atomic E-state index is -4.66. The lowest BCUT2D eigenvalue weighted by Gasteiger charge is -2.22. The van der Waals surface area contributed by atoms with Crippen LogP contribution in [0.15, 0.2) is 18.2 Å². The van der Waals surface area contributed by atoms with Gasteiger partial charge in [0.1, 0.15) is 0 Å². The van der Waals surface area contributed by atoms with Crippen LogP contribution in [0.4, 0.5) is 13.2 Å². The summed E-state index contributed by atoms with van der Waals surface area (Å²) in [6, 6.07) is 5.20. The third kappa shape index (κ3) is 5.10. The molecule has 0 spiro atoms. The van der Waals surface area contributed by atoms with E-state index in [9.17, 15) is 18.0 Å². The number of halogens is 5. The van der Waals surface area contributed by atoms with E-state index in [-0.39, 0.29) is 18.1 Å². The smallest absolute Gasteiger partial charge is 0.339 e. The second-order valence-electron chi connectivity index (χ2n) is 7.06. The monoisotopic (exact) mass is 473 g/mol. The molecule has 0 bridgehead atoms. The Kier molecular flexibility index (Phi) is 6.76. The summed E-state index contributed by atoms with van der Waals surface area (Å²) in [5.41, 5.74) is 2.52. The minimum Gasteiger partial charge on any atom is -0.339 e. The zero-order valence-corrected chi connectivity index (χ0v) is 18.6. The van der Waals surface area contributed by atoms with Gasteiger partial charge in [-0.1, -0.05) is 29.3 Å². The Bertz CT molecular complexity index is 1130. The van der Waals surface area contributed by atoms with Gasteiger partial charge in [0.25, 0.3) is 11.6 Å². The van der Waals surface area contributed by atoms with Crippen LogP contribution in [-0.2, 0) is 23.9 Å². The highest BCUT2D eigenvalue weighted by Crippen LogP contribution is 2.27. The summed E-state index contributed by atoms with van der Waals surface area (Å²) in [7, 11) is 0. The van der Waals surface area contributed by atoms with E-state index in [4.69, 9.17) is 23.2 Å². The molecule has 31 heavy (non-hydrogen) atoms. The highest BCUT2D eigenvalue weighted by Gasteiger charge is 2.37. The number of carbonyl (C=O) groups is 1. The van der Waals surface area contributed by atoms with Gasteiger partial charge in [-0.05, 0) is 50.5 Å². The van der Waals surface area contributed by atoms with Crippen LogP contribution in [0, 0.1) is 13.8 Å². The van der Waals surface area contributed by atoms with E-state index in [1.165, 1.54) is 0 Å². The number of fused-ring (bicyclic) bond motifs is 1. The molecule has 2 aromatic heterocycles. The van der Waals surface area contributed by atoms with E-state index in [0.717, 1.165) is 10.1 Å². The second kappa shape index (κ2) is 9.00. The fourth-order valence-electron chi connectivity index (χ4n) is 3.32. The molecule has 6 nitrogen and oxygen atoms in total. The average molecular weight is 474 g/mol. The molecule has 0 N–H and O–H groups in total. The Labute approximate surface area is 187 Å². The number of carbonyl (C=O) groups excluding carboxylic acids is 1. The third-order valence-electron chi connectivity index (χ3n) is 4.98. The number of aryl methyl sites for hydroxylation is 2. The molecule has 0 radical (unpaired) electrons. The zero-order chi connectivity index (χ0) is 22.9. The van der Waals surface area contributed by atoms with Gasteiger partial charge in [0.15, 0.2) is 0 Å². The van der Waals surface area contributed by atoms with Crippen molar-refractivity contribution in [3.05, 3.63) is 56.6 Å². The Balaban J connectivity index is 1.77. The highest BCUT2D eigenvalue weighted by atomic mass is 35.5. The van der Waals surface area contributed by atoms with Crippen molar-refractivity contribution in [1.82, 2.24) is 24.5 Å². The van der Waals surface area contributed by atoms with Gasteiger partial charge in [-0.2, -0.15) is 18.2 Å². The molecule has 0 aliphatic rings. The second-order valence-corrected chi connectivity index (χ2v) is 7.88. The van der Waals surface area contributed by atoms with Crippen LogP contribution >= 0.6 is 23.2 Å². The topological polar surface area (TPSA) is 63.4 Å². The fraction of sp³-hybridized carbons (Fsp3) is 0.400. The molecular weight excluding hydrogens is 454 g/mol. The molecule has 0 saturated heterocycles. The first-order valence-electron chi connectivity index (χ1n) is 9.53. The van der Waals surface area contributed by atoms with Gasteiger partial charge in [0, 0.05) is 30.9 Å². The first kappa shape index (κ1) is 23.3. The molecule has 0 aliphatic heterocycles.